The summed E-state index contributed by atoms with van der Waals surface area (Å²) >= 11 is 6.15. The van der Waals surface area contributed by atoms with Crippen molar-refractivity contribution in [2.75, 3.05) is 6.54 Å². The summed E-state index contributed by atoms with van der Waals surface area (Å²) in [5.41, 5.74) is 2.08. The summed E-state index contributed by atoms with van der Waals surface area (Å²) in [5.74, 6) is 0. The fraction of sp³-hybridized carbons (Fsp3) is 0.308. The highest BCUT2D eigenvalue weighted by Gasteiger charge is 2.05. The van der Waals surface area contributed by atoms with Gasteiger partial charge in [0, 0.05) is 10.9 Å². The van der Waals surface area contributed by atoms with Crippen molar-refractivity contribution in [3.05, 3.63) is 41.0 Å². The van der Waals surface area contributed by atoms with E-state index in [9.17, 15) is 0 Å². The van der Waals surface area contributed by atoms with Crippen LogP contribution in [-0.4, -0.2) is 11.5 Å². The number of halogens is 1. The fourth-order valence-corrected chi connectivity index (χ4v) is 1.96. The molecule has 0 bridgehead atoms. The van der Waals surface area contributed by atoms with Crippen molar-refractivity contribution in [3.63, 3.8) is 0 Å². The second kappa shape index (κ2) is 5.28. The van der Waals surface area contributed by atoms with Crippen LogP contribution in [0, 0.1) is 0 Å². The molecule has 0 aliphatic carbocycles. The molecule has 2 rings (SSSR count). The van der Waals surface area contributed by atoms with E-state index in [4.69, 9.17) is 11.6 Å². The van der Waals surface area contributed by atoms with Gasteiger partial charge in [0.05, 0.1) is 12.1 Å². The van der Waals surface area contributed by atoms with Gasteiger partial charge in [0.15, 0.2) is 0 Å². The van der Waals surface area contributed by atoms with Gasteiger partial charge in [-0.2, -0.15) is 0 Å². The van der Waals surface area contributed by atoms with Crippen LogP contribution in [0.3, 0.4) is 0 Å². The zero-order valence-electron chi connectivity index (χ0n) is 9.41. The van der Waals surface area contributed by atoms with Gasteiger partial charge in [0.2, 0.25) is 0 Å². The Bertz CT molecular complexity index is 482. The highest BCUT2D eigenvalue weighted by molar-refractivity contribution is 6.30. The van der Waals surface area contributed by atoms with Crippen molar-refractivity contribution in [2.24, 2.45) is 0 Å². The first-order valence-corrected chi connectivity index (χ1v) is 6.05. The third-order valence-corrected chi connectivity index (χ3v) is 2.93. The monoisotopic (exact) mass is 235 g/mol. The van der Waals surface area contributed by atoms with Gasteiger partial charge < -0.3 is 5.32 Å². The zero-order chi connectivity index (χ0) is 11.4. The van der Waals surface area contributed by atoms with E-state index in [1.54, 1.807) is 0 Å². The average molecular weight is 236 g/mol. The molecule has 0 radical (unpaired) electrons. The third kappa shape index (κ3) is 2.52. The first-order chi connectivity index (χ1) is 7.81. The number of fused-ring (bicyclic) bond motifs is 1. The smallest absolute Gasteiger partial charge is 0.138 e. The number of hydrogen-bond donors (Lipinski definition) is 1. The van der Waals surface area contributed by atoms with Crippen LogP contribution in [0.1, 0.15) is 18.9 Å². The number of para-hydroxylation sites is 1. The Labute approximate surface area is 101 Å². The van der Waals surface area contributed by atoms with Crippen molar-refractivity contribution < 1.29 is 5.32 Å². The first kappa shape index (κ1) is 11.4. The van der Waals surface area contributed by atoms with Crippen molar-refractivity contribution in [3.8, 4) is 0 Å². The number of nitrogens with two attached hydrogens (primary N) is 1. The molecule has 0 saturated carbocycles. The van der Waals surface area contributed by atoms with Crippen molar-refractivity contribution in [1.82, 2.24) is 4.98 Å². The maximum Gasteiger partial charge on any atom is 0.138 e. The fourth-order valence-electron chi connectivity index (χ4n) is 1.74. The zero-order valence-corrected chi connectivity index (χ0v) is 10.2. The average Bonchev–Trinajstić information content (AvgIpc) is 2.30. The normalized spacial score (nSPS) is 10.9. The molecule has 0 spiro atoms. The Morgan fingerprint density at radius 2 is 2.12 bits per heavy atom. The minimum Gasteiger partial charge on any atom is -0.342 e. The predicted octanol–water partition coefficient (Wildman–Crippen LogP) is 2.36. The molecule has 0 unspecified atom stereocenters. The van der Waals surface area contributed by atoms with Crippen LogP contribution in [0.5, 0.6) is 0 Å². The minimum atomic E-state index is 0.631. The Balaban J connectivity index is 2.27. The number of benzene rings is 1. The van der Waals surface area contributed by atoms with Gasteiger partial charge >= 0.3 is 0 Å². The SMILES string of the molecule is CCC[NH2+]Cc1cc2ccccc2nc1Cl. The molecule has 3 heteroatoms. The standard InChI is InChI=1S/C13H15ClN2/c1-2-7-15-9-11-8-10-5-3-4-6-12(10)16-13(11)14/h3-6,8,15H,2,7,9H2,1H3/p+1. The molecular formula is C13H16ClN2+. The second-order valence-electron chi connectivity index (χ2n) is 3.91. The Kier molecular flexibility index (Phi) is 3.75. The van der Waals surface area contributed by atoms with Crippen LogP contribution >= 0.6 is 11.6 Å². The van der Waals surface area contributed by atoms with Crippen LogP contribution in [-0.2, 0) is 6.54 Å². The summed E-state index contributed by atoms with van der Waals surface area (Å²) in [6.45, 7) is 4.21. The number of rotatable bonds is 4. The van der Waals surface area contributed by atoms with Gasteiger partial charge in [-0.05, 0) is 18.6 Å². The second-order valence-corrected chi connectivity index (χ2v) is 4.27. The van der Waals surface area contributed by atoms with Crippen molar-refractivity contribution in [2.45, 2.75) is 19.9 Å². The number of hydrogen-bond acceptors (Lipinski definition) is 1. The maximum absolute atomic E-state index is 6.15. The van der Waals surface area contributed by atoms with Crippen LogP contribution < -0.4 is 5.32 Å². The van der Waals surface area contributed by atoms with E-state index in [0.29, 0.717) is 5.15 Å². The lowest BCUT2D eigenvalue weighted by atomic mass is 10.1. The van der Waals surface area contributed by atoms with E-state index < -0.39 is 0 Å². The number of nitrogens with zero attached hydrogens (tertiary/aromatic N) is 1. The molecule has 0 saturated heterocycles. The topological polar surface area (TPSA) is 29.5 Å². The van der Waals surface area contributed by atoms with Crippen LogP contribution in [0.15, 0.2) is 30.3 Å². The lowest BCUT2D eigenvalue weighted by Crippen LogP contribution is -2.82. The lowest BCUT2D eigenvalue weighted by Gasteiger charge is -2.04. The third-order valence-electron chi connectivity index (χ3n) is 2.61. The summed E-state index contributed by atoms with van der Waals surface area (Å²) in [6.07, 6.45) is 1.18. The van der Waals surface area contributed by atoms with Gasteiger partial charge in [-0.1, -0.05) is 36.7 Å². The summed E-state index contributed by atoms with van der Waals surface area (Å²) in [5, 5.41) is 4.05. The van der Waals surface area contributed by atoms with Crippen LogP contribution in [0.4, 0.5) is 0 Å². The van der Waals surface area contributed by atoms with Crippen molar-refractivity contribution in [1.29, 1.82) is 0 Å². The summed E-state index contributed by atoms with van der Waals surface area (Å²) in [6, 6.07) is 10.2. The van der Waals surface area contributed by atoms with Crippen LogP contribution in [0.25, 0.3) is 10.9 Å². The minimum absolute atomic E-state index is 0.631. The molecule has 0 atom stereocenters. The molecular weight excluding hydrogens is 220 g/mol. The Morgan fingerprint density at radius 3 is 2.94 bits per heavy atom. The summed E-state index contributed by atoms with van der Waals surface area (Å²) in [7, 11) is 0. The first-order valence-electron chi connectivity index (χ1n) is 5.67. The molecule has 1 aromatic carbocycles. The molecule has 16 heavy (non-hydrogen) atoms. The lowest BCUT2D eigenvalue weighted by molar-refractivity contribution is -0.670. The van der Waals surface area contributed by atoms with E-state index in [2.05, 4.69) is 29.4 Å². The highest BCUT2D eigenvalue weighted by atomic mass is 35.5. The molecule has 0 aliphatic heterocycles. The number of pyridine rings is 1. The van der Waals surface area contributed by atoms with Gasteiger partial charge in [0.1, 0.15) is 11.7 Å². The Morgan fingerprint density at radius 1 is 1.31 bits per heavy atom. The maximum atomic E-state index is 6.15. The molecule has 1 aromatic heterocycles. The number of aromatic nitrogens is 1. The molecule has 0 amide bonds. The predicted molar refractivity (Wildman–Crippen MR) is 67.5 cm³/mol. The van der Waals surface area contributed by atoms with Gasteiger partial charge in [0.25, 0.3) is 0 Å². The number of quaternary nitrogens is 1. The molecule has 1 heterocycles. The molecule has 0 fully saturated rings. The summed E-state index contributed by atoms with van der Waals surface area (Å²) in [4.78, 5) is 4.40. The molecule has 2 nitrogen and oxygen atoms in total. The van der Waals surface area contributed by atoms with Crippen molar-refractivity contribution >= 4 is 22.5 Å². The highest BCUT2D eigenvalue weighted by Crippen LogP contribution is 2.19. The van der Waals surface area contributed by atoms with Gasteiger partial charge in [-0.25, -0.2) is 4.98 Å². The quantitative estimate of drug-likeness (QED) is 0.640. The molecule has 2 N–H and O–H groups in total. The van der Waals surface area contributed by atoms with Gasteiger partial charge in [-0.3, -0.25) is 0 Å². The van der Waals surface area contributed by atoms with E-state index in [0.717, 1.165) is 29.6 Å². The largest absolute Gasteiger partial charge is 0.342 e. The van der Waals surface area contributed by atoms with E-state index >= 15 is 0 Å². The molecule has 2 aromatic rings. The van der Waals surface area contributed by atoms with Gasteiger partial charge in [-0.15, -0.1) is 0 Å². The van der Waals surface area contributed by atoms with E-state index in [1.165, 1.54) is 6.42 Å². The molecule has 84 valence electrons. The van der Waals surface area contributed by atoms with E-state index in [1.807, 2.05) is 18.2 Å². The van der Waals surface area contributed by atoms with E-state index in [-0.39, 0.29) is 0 Å². The van der Waals surface area contributed by atoms with Crippen LogP contribution in [0.2, 0.25) is 5.15 Å². The molecule has 0 aliphatic rings. The Hall–Kier alpha value is -1.12. The summed E-state index contributed by atoms with van der Waals surface area (Å²) < 4.78 is 0.